The lowest BCUT2D eigenvalue weighted by atomic mass is 10.1. The molecule has 1 aliphatic rings. The van der Waals surface area contributed by atoms with Crippen molar-refractivity contribution in [3.63, 3.8) is 0 Å². The number of nitriles is 1. The molecule has 0 atom stereocenters. The van der Waals surface area contributed by atoms with Crippen LogP contribution in [0.15, 0.2) is 60.0 Å². The number of sulfonamides is 1. The summed E-state index contributed by atoms with van der Waals surface area (Å²) in [6.45, 7) is 1.09. The highest BCUT2D eigenvalue weighted by molar-refractivity contribution is 7.92. The van der Waals surface area contributed by atoms with E-state index in [0.29, 0.717) is 41.5 Å². The molecule has 0 fully saturated rings. The van der Waals surface area contributed by atoms with E-state index in [2.05, 4.69) is 6.07 Å². The summed E-state index contributed by atoms with van der Waals surface area (Å²) in [5.74, 6) is 0.858. The molecule has 0 amide bonds. The zero-order valence-electron chi connectivity index (χ0n) is 15.4. The lowest BCUT2D eigenvalue weighted by molar-refractivity contribution is 0.171. The number of benzene rings is 2. The molecule has 0 radical (unpaired) electrons. The molecule has 3 aromatic rings. The highest BCUT2D eigenvalue weighted by Gasteiger charge is 2.26. The first kappa shape index (κ1) is 19.3. The molecular formula is C21H18N2O4S2. The Morgan fingerprint density at radius 2 is 1.83 bits per heavy atom. The van der Waals surface area contributed by atoms with Crippen LogP contribution in [0.25, 0.3) is 0 Å². The number of fused-ring (bicyclic) bond motifs is 1. The van der Waals surface area contributed by atoms with E-state index in [1.54, 1.807) is 42.5 Å². The lowest BCUT2D eigenvalue weighted by Gasteiger charge is -2.26. The predicted molar refractivity (Wildman–Crippen MR) is 112 cm³/mol. The van der Waals surface area contributed by atoms with E-state index in [9.17, 15) is 13.7 Å². The largest absolute Gasteiger partial charge is 0.486 e. The van der Waals surface area contributed by atoms with E-state index in [-0.39, 0.29) is 12.3 Å². The number of hydrogen-bond donors (Lipinski definition) is 0. The first-order chi connectivity index (χ1) is 14.1. The second-order valence-corrected chi connectivity index (χ2v) is 9.36. The average Bonchev–Trinajstić information content (AvgIpc) is 3.25. The summed E-state index contributed by atoms with van der Waals surface area (Å²) in [6, 6.07) is 17.7. The van der Waals surface area contributed by atoms with Gasteiger partial charge >= 0.3 is 0 Å². The van der Waals surface area contributed by atoms with Gasteiger partial charge in [0.1, 0.15) is 13.2 Å². The van der Waals surface area contributed by atoms with Gasteiger partial charge in [0.25, 0.3) is 0 Å². The number of rotatable bonds is 6. The van der Waals surface area contributed by atoms with Crippen molar-refractivity contribution in [1.82, 2.24) is 0 Å². The second kappa shape index (κ2) is 8.15. The Morgan fingerprint density at radius 3 is 2.59 bits per heavy atom. The molecule has 0 saturated carbocycles. The van der Waals surface area contributed by atoms with Crippen LogP contribution >= 0.6 is 11.3 Å². The SMILES string of the molecule is N#Cc1ccccc1CS(=O)(=O)N(Cc1cccs1)c1ccc2c(c1)OCCO2. The number of thiophene rings is 1. The fourth-order valence-corrected chi connectivity index (χ4v) is 5.46. The van der Waals surface area contributed by atoms with Crippen LogP contribution in [0.5, 0.6) is 11.5 Å². The van der Waals surface area contributed by atoms with E-state index in [1.807, 2.05) is 17.5 Å². The summed E-state index contributed by atoms with van der Waals surface area (Å²) in [4.78, 5) is 0.914. The van der Waals surface area contributed by atoms with Crippen molar-refractivity contribution in [1.29, 1.82) is 5.26 Å². The molecule has 6 nitrogen and oxygen atoms in total. The summed E-state index contributed by atoms with van der Waals surface area (Å²) in [5.41, 5.74) is 1.33. The van der Waals surface area contributed by atoms with E-state index in [4.69, 9.17) is 9.47 Å². The zero-order valence-corrected chi connectivity index (χ0v) is 17.1. The van der Waals surface area contributed by atoms with Crippen molar-refractivity contribution in [2.24, 2.45) is 0 Å². The van der Waals surface area contributed by atoms with Gasteiger partial charge in [-0.3, -0.25) is 4.31 Å². The summed E-state index contributed by atoms with van der Waals surface area (Å²) in [7, 11) is -3.77. The van der Waals surface area contributed by atoms with Gasteiger partial charge in [0.15, 0.2) is 11.5 Å². The maximum atomic E-state index is 13.4. The Balaban J connectivity index is 1.73. The van der Waals surface area contributed by atoms with Crippen LogP contribution < -0.4 is 13.8 Å². The maximum Gasteiger partial charge on any atom is 0.239 e. The van der Waals surface area contributed by atoms with Crippen molar-refractivity contribution in [2.45, 2.75) is 12.3 Å². The van der Waals surface area contributed by atoms with Crippen LogP contribution in [-0.4, -0.2) is 21.6 Å². The third-order valence-electron chi connectivity index (χ3n) is 4.50. The third kappa shape index (κ3) is 4.21. The van der Waals surface area contributed by atoms with E-state index >= 15 is 0 Å². The molecule has 2 aromatic carbocycles. The van der Waals surface area contributed by atoms with Gasteiger partial charge in [0.05, 0.1) is 29.6 Å². The predicted octanol–water partition coefficient (Wildman–Crippen LogP) is 3.93. The van der Waals surface area contributed by atoms with Crippen molar-refractivity contribution < 1.29 is 17.9 Å². The molecule has 0 saturated heterocycles. The summed E-state index contributed by atoms with van der Waals surface area (Å²) >= 11 is 1.49. The van der Waals surface area contributed by atoms with Gasteiger partial charge in [-0.25, -0.2) is 8.42 Å². The molecule has 2 heterocycles. The van der Waals surface area contributed by atoms with Crippen molar-refractivity contribution in [3.05, 3.63) is 76.0 Å². The lowest BCUT2D eigenvalue weighted by Crippen LogP contribution is -2.31. The van der Waals surface area contributed by atoms with Crippen molar-refractivity contribution >= 4 is 27.0 Å². The van der Waals surface area contributed by atoms with Gasteiger partial charge in [0.2, 0.25) is 10.0 Å². The highest BCUT2D eigenvalue weighted by atomic mass is 32.2. The normalized spacial score (nSPS) is 12.9. The minimum absolute atomic E-state index is 0.203. The molecule has 0 unspecified atom stereocenters. The summed E-state index contributed by atoms with van der Waals surface area (Å²) in [5, 5.41) is 11.2. The number of nitrogens with zero attached hydrogens (tertiary/aromatic N) is 2. The monoisotopic (exact) mass is 426 g/mol. The second-order valence-electron chi connectivity index (χ2n) is 6.44. The number of anilines is 1. The van der Waals surface area contributed by atoms with Crippen LogP contribution in [0.1, 0.15) is 16.0 Å². The van der Waals surface area contributed by atoms with Gasteiger partial charge in [-0.2, -0.15) is 5.26 Å². The fraction of sp³-hybridized carbons (Fsp3) is 0.190. The van der Waals surface area contributed by atoms with Crippen LogP contribution in [0.4, 0.5) is 5.69 Å². The minimum atomic E-state index is -3.77. The fourth-order valence-electron chi connectivity index (χ4n) is 3.11. The smallest absolute Gasteiger partial charge is 0.239 e. The molecule has 8 heteroatoms. The first-order valence-corrected chi connectivity index (χ1v) is 11.5. The van der Waals surface area contributed by atoms with Gasteiger partial charge in [-0.1, -0.05) is 24.3 Å². The van der Waals surface area contributed by atoms with Crippen molar-refractivity contribution in [2.75, 3.05) is 17.5 Å². The van der Waals surface area contributed by atoms with Gasteiger partial charge in [-0.05, 0) is 35.2 Å². The number of hydrogen-bond acceptors (Lipinski definition) is 6. The Labute approximate surface area is 173 Å². The molecule has 29 heavy (non-hydrogen) atoms. The highest BCUT2D eigenvalue weighted by Crippen LogP contribution is 2.36. The summed E-state index contributed by atoms with van der Waals surface area (Å²) in [6.07, 6.45) is 0. The topological polar surface area (TPSA) is 79.6 Å². The maximum absolute atomic E-state index is 13.4. The minimum Gasteiger partial charge on any atom is -0.486 e. The van der Waals surface area contributed by atoms with Gasteiger partial charge in [-0.15, -0.1) is 11.3 Å². The third-order valence-corrected chi connectivity index (χ3v) is 7.05. The van der Waals surface area contributed by atoms with Crippen LogP contribution in [0.2, 0.25) is 0 Å². The molecule has 0 bridgehead atoms. The molecule has 1 aromatic heterocycles. The zero-order chi connectivity index (χ0) is 20.3. The standard InChI is InChI=1S/C21H18N2O4S2/c22-13-16-4-1-2-5-17(16)15-29(24,25)23(14-19-6-3-11-28-19)18-7-8-20-21(12-18)27-10-9-26-20/h1-8,11-12H,9-10,14-15H2. The van der Waals surface area contributed by atoms with Crippen molar-refractivity contribution in [3.8, 4) is 17.6 Å². The van der Waals surface area contributed by atoms with Crippen LogP contribution in [0, 0.1) is 11.3 Å². The molecule has 1 aliphatic heterocycles. The Hall–Kier alpha value is -3.02. The quantitative estimate of drug-likeness (QED) is 0.597. The van der Waals surface area contributed by atoms with E-state index in [0.717, 1.165) is 4.88 Å². The molecule has 4 rings (SSSR count). The first-order valence-electron chi connectivity index (χ1n) is 8.97. The van der Waals surface area contributed by atoms with Gasteiger partial charge < -0.3 is 9.47 Å². The van der Waals surface area contributed by atoms with Gasteiger partial charge in [0, 0.05) is 10.9 Å². The molecule has 0 spiro atoms. The Kier molecular flexibility index (Phi) is 5.43. The molecular weight excluding hydrogens is 408 g/mol. The average molecular weight is 427 g/mol. The molecule has 148 valence electrons. The van der Waals surface area contributed by atoms with E-state index in [1.165, 1.54) is 15.6 Å². The Morgan fingerprint density at radius 1 is 1.03 bits per heavy atom. The van der Waals surface area contributed by atoms with Crippen LogP contribution in [0.3, 0.4) is 0 Å². The molecule has 0 aliphatic carbocycles. The summed E-state index contributed by atoms with van der Waals surface area (Å²) < 4.78 is 39.4. The number of ether oxygens (including phenoxy) is 2. The van der Waals surface area contributed by atoms with E-state index < -0.39 is 10.0 Å². The molecule has 0 N–H and O–H groups in total. The van der Waals surface area contributed by atoms with Crippen LogP contribution in [-0.2, 0) is 22.3 Å². The Bertz CT molecular complexity index is 1150.